The highest BCUT2D eigenvalue weighted by Gasteiger charge is 2.21. The lowest BCUT2D eigenvalue weighted by atomic mass is 10.2. The Labute approximate surface area is 110 Å². The molecular formula is C13H15FN2O3. The zero-order chi connectivity index (χ0) is 13.8. The first kappa shape index (κ1) is 13.5. The smallest absolute Gasteiger partial charge is 0.264 e. The summed E-state index contributed by atoms with van der Waals surface area (Å²) in [5, 5.41) is 13.4. The standard InChI is InChI=1S/C13H15FN2O3/c1-3-10(18-4-2)12-15-13(19-16-12)11-8(14)6-5-7-9(11)17/h5-7,10,17H,3-4H2,1-2H3. The summed E-state index contributed by atoms with van der Waals surface area (Å²) in [5.74, 6) is -0.551. The van der Waals surface area contributed by atoms with Crippen LogP contribution in [0.2, 0.25) is 0 Å². The predicted octanol–water partition coefficient (Wildman–Crippen LogP) is 3.07. The van der Waals surface area contributed by atoms with Crippen LogP contribution >= 0.6 is 0 Å². The quantitative estimate of drug-likeness (QED) is 0.900. The van der Waals surface area contributed by atoms with E-state index in [4.69, 9.17) is 9.26 Å². The minimum Gasteiger partial charge on any atom is -0.507 e. The molecule has 0 aliphatic rings. The molecule has 0 aliphatic carbocycles. The van der Waals surface area contributed by atoms with Crippen molar-refractivity contribution in [2.45, 2.75) is 26.4 Å². The van der Waals surface area contributed by atoms with Crippen LogP contribution in [0.1, 0.15) is 32.2 Å². The van der Waals surface area contributed by atoms with Crippen LogP contribution in [0, 0.1) is 5.82 Å². The average Bonchev–Trinajstić information content (AvgIpc) is 2.85. The van der Waals surface area contributed by atoms with Crippen molar-refractivity contribution in [3.05, 3.63) is 29.8 Å². The first-order chi connectivity index (χ1) is 9.17. The fourth-order valence-electron chi connectivity index (χ4n) is 1.77. The molecule has 0 bridgehead atoms. The molecule has 102 valence electrons. The third-order valence-corrected chi connectivity index (χ3v) is 2.67. The van der Waals surface area contributed by atoms with Crippen LogP contribution in [0.5, 0.6) is 5.75 Å². The van der Waals surface area contributed by atoms with Crippen molar-refractivity contribution in [1.82, 2.24) is 10.1 Å². The second kappa shape index (κ2) is 5.79. The minimum absolute atomic E-state index is 0.0521. The number of hydrogen-bond donors (Lipinski definition) is 1. The summed E-state index contributed by atoms with van der Waals surface area (Å²) in [6.45, 7) is 4.32. The molecule has 1 unspecified atom stereocenters. The summed E-state index contributed by atoms with van der Waals surface area (Å²) in [6, 6.07) is 3.99. The molecule has 6 heteroatoms. The number of benzene rings is 1. The third kappa shape index (κ3) is 2.73. The maximum absolute atomic E-state index is 13.7. The zero-order valence-electron chi connectivity index (χ0n) is 10.8. The SMILES string of the molecule is CCOC(CC)c1noc(-c2c(O)cccc2F)n1. The lowest BCUT2D eigenvalue weighted by Gasteiger charge is -2.09. The van der Waals surface area contributed by atoms with Gasteiger partial charge in [-0.15, -0.1) is 0 Å². The molecule has 1 atom stereocenters. The topological polar surface area (TPSA) is 68.4 Å². The predicted molar refractivity (Wildman–Crippen MR) is 66.0 cm³/mol. The maximum atomic E-state index is 13.7. The van der Waals surface area contributed by atoms with Crippen LogP contribution in [0.15, 0.2) is 22.7 Å². The number of aromatic hydroxyl groups is 1. The fourth-order valence-corrected chi connectivity index (χ4v) is 1.77. The van der Waals surface area contributed by atoms with E-state index >= 15 is 0 Å². The van der Waals surface area contributed by atoms with Crippen molar-refractivity contribution < 1.29 is 18.8 Å². The zero-order valence-corrected chi connectivity index (χ0v) is 10.8. The van der Waals surface area contributed by atoms with Gasteiger partial charge in [-0.1, -0.05) is 18.1 Å². The Bertz CT molecular complexity index is 536. The summed E-state index contributed by atoms with van der Waals surface area (Å²) >= 11 is 0. The monoisotopic (exact) mass is 266 g/mol. The molecule has 1 aromatic carbocycles. The van der Waals surface area contributed by atoms with E-state index in [1.54, 1.807) is 0 Å². The average molecular weight is 266 g/mol. The van der Waals surface area contributed by atoms with Crippen molar-refractivity contribution in [1.29, 1.82) is 0 Å². The molecule has 0 fully saturated rings. The van der Waals surface area contributed by atoms with Gasteiger partial charge in [-0.3, -0.25) is 0 Å². The Hall–Kier alpha value is -1.95. The Morgan fingerprint density at radius 1 is 1.42 bits per heavy atom. The van der Waals surface area contributed by atoms with Gasteiger partial charge < -0.3 is 14.4 Å². The number of ether oxygens (including phenoxy) is 1. The Balaban J connectivity index is 2.35. The van der Waals surface area contributed by atoms with E-state index < -0.39 is 5.82 Å². The van der Waals surface area contributed by atoms with Gasteiger partial charge in [0.15, 0.2) is 0 Å². The van der Waals surface area contributed by atoms with Gasteiger partial charge in [0.25, 0.3) is 5.89 Å². The van der Waals surface area contributed by atoms with Crippen LogP contribution in [-0.2, 0) is 4.74 Å². The van der Waals surface area contributed by atoms with E-state index in [1.165, 1.54) is 18.2 Å². The number of nitrogens with zero attached hydrogens (tertiary/aromatic N) is 2. The van der Waals surface area contributed by atoms with Crippen LogP contribution in [0.25, 0.3) is 11.5 Å². The van der Waals surface area contributed by atoms with Gasteiger partial charge in [-0.2, -0.15) is 4.98 Å². The molecular weight excluding hydrogens is 251 g/mol. The molecule has 19 heavy (non-hydrogen) atoms. The van der Waals surface area contributed by atoms with Crippen LogP contribution in [0.4, 0.5) is 4.39 Å². The molecule has 2 aromatic rings. The van der Waals surface area contributed by atoms with Crippen molar-refractivity contribution in [3.63, 3.8) is 0 Å². The molecule has 2 rings (SSSR count). The number of phenols is 1. The third-order valence-electron chi connectivity index (χ3n) is 2.67. The summed E-state index contributed by atoms with van der Waals surface area (Å²) in [5.41, 5.74) is -0.0902. The van der Waals surface area contributed by atoms with E-state index in [0.29, 0.717) is 18.9 Å². The normalized spacial score (nSPS) is 12.6. The van der Waals surface area contributed by atoms with Crippen molar-refractivity contribution >= 4 is 0 Å². The van der Waals surface area contributed by atoms with Crippen molar-refractivity contribution in [2.75, 3.05) is 6.61 Å². The highest BCUT2D eigenvalue weighted by Crippen LogP contribution is 2.31. The van der Waals surface area contributed by atoms with E-state index in [-0.39, 0.29) is 23.3 Å². The number of rotatable bonds is 5. The second-order valence-electron chi connectivity index (χ2n) is 3.94. The first-order valence-electron chi connectivity index (χ1n) is 6.10. The summed E-state index contributed by atoms with van der Waals surface area (Å²) in [6.07, 6.45) is 0.382. The highest BCUT2D eigenvalue weighted by atomic mass is 19.1. The molecule has 1 N–H and O–H groups in total. The van der Waals surface area contributed by atoms with E-state index in [9.17, 15) is 9.50 Å². The molecule has 0 radical (unpaired) electrons. The number of hydrogen-bond acceptors (Lipinski definition) is 5. The van der Waals surface area contributed by atoms with Gasteiger partial charge in [0.05, 0.1) is 0 Å². The summed E-state index contributed by atoms with van der Waals surface area (Å²) < 4.78 is 24.1. The number of halogens is 1. The minimum atomic E-state index is -0.611. The molecule has 0 saturated carbocycles. The maximum Gasteiger partial charge on any atom is 0.264 e. The van der Waals surface area contributed by atoms with Gasteiger partial charge in [0, 0.05) is 6.61 Å². The van der Waals surface area contributed by atoms with Crippen LogP contribution in [0.3, 0.4) is 0 Å². The van der Waals surface area contributed by atoms with Gasteiger partial charge in [0.1, 0.15) is 23.2 Å². The van der Waals surface area contributed by atoms with Gasteiger partial charge in [-0.05, 0) is 25.5 Å². The van der Waals surface area contributed by atoms with E-state index in [0.717, 1.165) is 0 Å². The molecule has 1 heterocycles. The molecule has 0 amide bonds. The Kier molecular flexibility index (Phi) is 4.11. The lowest BCUT2D eigenvalue weighted by Crippen LogP contribution is -2.04. The molecule has 0 aliphatic heterocycles. The molecule has 0 saturated heterocycles. The van der Waals surface area contributed by atoms with E-state index in [1.807, 2.05) is 13.8 Å². The number of phenolic OH excluding ortho intramolecular Hbond substituents is 1. The molecule has 5 nitrogen and oxygen atoms in total. The highest BCUT2D eigenvalue weighted by molar-refractivity contribution is 5.62. The summed E-state index contributed by atoms with van der Waals surface area (Å²) in [7, 11) is 0. The van der Waals surface area contributed by atoms with Crippen molar-refractivity contribution in [3.8, 4) is 17.2 Å². The van der Waals surface area contributed by atoms with Gasteiger partial charge in [-0.25, -0.2) is 4.39 Å². The van der Waals surface area contributed by atoms with Gasteiger partial charge >= 0.3 is 0 Å². The Morgan fingerprint density at radius 2 is 2.21 bits per heavy atom. The number of aromatic nitrogens is 2. The van der Waals surface area contributed by atoms with Crippen LogP contribution < -0.4 is 0 Å². The first-order valence-corrected chi connectivity index (χ1v) is 6.10. The summed E-state index contributed by atoms with van der Waals surface area (Å²) in [4.78, 5) is 4.09. The van der Waals surface area contributed by atoms with Crippen LogP contribution in [-0.4, -0.2) is 21.9 Å². The van der Waals surface area contributed by atoms with Crippen molar-refractivity contribution in [2.24, 2.45) is 0 Å². The van der Waals surface area contributed by atoms with E-state index in [2.05, 4.69) is 10.1 Å². The molecule has 0 spiro atoms. The largest absolute Gasteiger partial charge is 0.507 e. The van der Waals surface area contributed by atoms with Gasteiger partial charge in [0.2, 0.25) is 5.82 Å². The molecule has 1 aromatic heterocycles. The fraction of sp³-hybridized carbons (Fsp3) is 0.385. The lowest BCUT2D eigenvalue weighted by molar-refractivity contribution is 0.0518. The Morgan fingerprint density at radius 3 is 2.84 bits per heavy atom. The second-order valence-corrected chi connectivity index (χ2v) is 3.94.